The number of ether oxygens (including phenoxy) is 1. The van der Waals surface area contributed by atoms with Crippen molar-refractivity contribution in [2.45, 2.75) is 24.8 Å². The maximum absolute atomic E-state index is 9.81. The highest BCUT2D eigenvalue weighted by atomic mass is 35.5. The lowest BCUT2D eigenvalue weighted by molar-refractivity contribution is 0.0206. The van der Waals surface area contributed by atoms with Crippen molar-refractivity contribution in [1.82, 2.24) is 4.90 Å². The second-order valence-electron chi connectivity index (χ2n) is 4.34. The fourth-order valence-electron chi connectivity index (χ4n) is 2.52. The summed E-state index contributed by atoms with van der Waals surface area (Å²) in [6.45, 7) is 2.46. The topological polar surface area (TPSA) is 32.7 Å². The van der Waals surface area contributed by atoms with Crippen LogP contribution < -0.4 is 0 Å². The van der Waals surface area contributed by atoms with Crippen LogP contribution in [0, 0.1) is 0 Å². The summed E-state index contributed by atoms with van der Waals surface area (Å²) in [7, 11) is 0. The number of halogens is 1. The summed E-state index contributed by atoms with van der Waals surface area (Å²) < 4.78 is 5.44. The third kappa shape index (κ3) is 1.96. The van der Waals surface area contributed by atoms with Crippen LogP contribution in [0.5, 0.6) is 0 Å². The number of rotatable bonds is 2. The van der Waals surface area contributed by atoms with E-state index < -0.39 is 0 Å². The number of hydrogen-bond donors (Lipinski definition) is 1. The van der Waals surface area contributed by atoms with Gasteiger partial charge in [-0.15, -0.1) is 12.4 Å². The molecule has 3 atom stereocenters. The second kappa shape index (κ2) is 4.72. The van der Waals surface area contributed by atoms with Crippen LogP contribution in [0.25, 0.3) is 0 Å². The molecule has 0 amide bonds. The summed E-state index contributed by atoms with van der Waals surface area (Å²) in [4.78, 5) is 2.31. The van der Waals surface area contributed by atoms with E-state index in [9.17, 15) is 5.11 Å². The molecule has 2 saturated heterocycles. The molecule has 2 fully saturated rings. The van der Waals surface area contributed by atoms with Gasteiger partial charge in [-0.05, 0) is 5.56 Å². The van der Waals surface area contributed by atoms with Crippen LogP contribution in [-0.4, -0.2) is 41.4 Å². The predicted molar refractivity (Wildman–Crippen MR) is 63.6 cm³/mol. The molecule has 3 nitrogen and oxygen atoms in total. The van der Waals surface area contributed by atoms with Crippen LogP contribution in [0.4, 0.5) is 0 Å². The number of morpholine rings is 1. The van der Waals surface area contributed by atoms with Gasteiger partial charge in [0.1, 0.15) is 0 Å². The van der Waals surface area contributed by atoms with E-state index in [1.807, 2.05) is 6.07 Å². The van der Waals surface area contributed by atoms with Gasteiger partial charge in [0.05, 0.1) is 24.9 Å². The van der Waals surface area contributed by atoms with Gasteiger partial charge in [0, 0.05) is 13.1 Å². The van der Waals surface area contributed by atoms with Gasteiger partial charge in [-0.1, -0.05) is 30.3 Å². The van der Waals surface area contributed by atoms with Crippen LogP contribution in [-0.2, 0) is 11.3 Å². The third-order valence-corrected chi connectivity index (χ3v) is 3.37. The first-order valence-corrected chi connectivity index (χ1v) is 5.42. The van der Waals surface area contributed by atoms with Crippen molar-refractivity contribution in [1.29, 1.82) is 0 Å². The molecule has 1 aromatic rings. The van der Waals surface area contributed by atoms with E-state index in [-0.39, 0.29) is 30.7 Å². The number of hydrogen-bond acceptors (Lipinski definition) is 3. The molecule has 16 heavy (non-hydrogen) atoms. The highest BCUT2D eigenvalue weighted by molar-refractivity contribution is 5.85. The molecule has 0 aliphatic carbocycles. The zero-order chi connectivity index (χ0) is 10.3. The normalized spacial score (nSPS) is 32.7. The smallest absolute Gasteiger partial charge is 0.0991 e. The SMILES string of the molecule is Cl.O[C@H]1[C@H]2CO[C@@H]1CN2Cc1ccccc1. The zero-order valence-corrected chi connectivity index (χ0v) is 9.77. The molecule has 88 valence electrons. The molecule has 2 aliphatic heterocycles. The number of aliphatic hydroxyl groups excluding tert-OH is 1. The van der Waals surface area contributed by atoms with Crippen molar-refractivity contribution < 1.29 is 9.84 Å². The van der Waals surface area contributed by atoms with Gasteiger partial charge in [-0.3, -0.25) is 4.90 Å². The average Bonchev–Trinajstić information content (AvgIpc) is 2.75. The van der Waals surface area contributed by atoms with Crippen LogP contribution >= 0.6 is 12.4 Å². The number of fused-ring (bicyclic) bond motifs is 2. The Morgan fingerprint density at radius 2 is 2.06 bits per heavy atom. The molecule has 0 saturated carbocycles. The molecule has 1 N–H and O–H groups in total. The number of likely N-dealkylation sites (tertiary alicyclic amines) is 1. The molecule has 2 bridgehead atoms. The maximum Gasteiger partial charge on any atom is 0.0991 e. The summed E-state index contributed by atoms with van der Waals surface area (Å²) in [5, 5.41) is 9.81. The quantitative estimate of drug-likeness (QED) is 0.840. The number of nitrogens with zero attached hydrogens (tertiary/aromatic N) is 1. The van der Waals surface area contributed by atoms with Crippen LogP contribution in [0.3, 0.4) is 0 Å². The van der Waals surface area contributed by atoms with Crippen molar-refractivity contribution >= 4 is 12.4 Å². The van der Waals surface area contributed by atoms with E-state index in [4.69, 9.17) is 4.74 Å². The third-order valence-electron chi connectivity index (χ3n) is 3.37. The van der Waals surface area contributed by atoms with Gasteiger partial charge in [-0.2, -0.15) is 0 Å². The van der Waals surface area contributed by atoms with Crippen molar-refractivity contribution in [2.24, 2.45) is 0 Å². The molecule has 2 aliphatic rings. The fraction of sp³-hybridized carbons (Fsp3) is 0.500. The van der Waals surface area contributed by atoms with E-state index in [1.165, 1.54) is 5.56 Å². The molecule has 0 aromatic heterocycles. The largest absolute Gasteiger partial charge is 0.389 e. The molecule has 0 spiro atoms. The Bertz CT molecular complexity index is 346. The minimum absolute atomic E-state index is 0. The summed E-state index contributed by atoms with van der Waals surface area (Å²) in [6, 6.07) is 10.6. The summed E-state index contributed by atoms with van der Waals surface area (Å²) >= 11 is 0. The number of aliphatic hydroxyl groups is 1. The fourth-order valence-corrected chi connectivity index (χ4v) is 2.52. The highest BCUT2D eigenvalue weighted by Crippen LogP contribution is 2.29. The van der Waals surface area contributed by atoms with Gasteiger partial charge in [0.2, 0.25) is 0 Å². The van der Waals surface area contributed by atoms with Crippen molar-refractivity contribution in [3.8, 4) is 0 Å². The summed E-state index contributed by atoms with van der Waals surface area (Å²) in [6.07, 6.45) is -0.243. The van der Waals surface area contributed by atoms with Gasteiger partial charge in [0.25, 0.3) is 0 Å². The van der Waals surface area contributed by atoms with Gasteiger partial charge >= 0.3 is 0 Å². The molecule has 0 radical (unpaired) electrons. The van der Waals surface area contributed by atoms with E-state index in [2.05, 4.69) is 29.2 Å². The number of benzene rings is 1. The lowest BCUT2D eigenvalue weighted by atomic mass is 10.2. The Labute approximate surface area is 101 Å². The van der Waals surface area contributed by atoms with Crippen LogP contribution in [0.1, 0.15) is 5.56 Å². The molecular weight excluding hydrogens is 226 g/mol. The van der Waals surface area contributed by atoms with E-state index in [1.54, 1.807) is 0 Å². The van der Waals surface area contributed by atoms with Crippen molar-refractivity contribution in [3.63, 3.8) is 0 Å². The van der Waals surface area contributed by atoms with E-state index in [0.29, 0.717) is 6.61 Å². The minimum Gasteiger partial charge on any atom is -0.389 e. The van der Waals surface area contributed by atoms with Gasteiger partial charge < -0.3 is 9.84 Å². The zero-order valence-electron chi connectivity index (χ0n) is 8.95. The van der Waals surface area contributed by atoms with E-state index in [0.717, 1.165) is 13.1 Å². The Kier molecular flexibility index (Phi) is 3.50. The summed E-state index contributed by atoms with van der Waals surface area (Å²) in [5.74, 6) is 0. The Morgan fingerprint density at radius 3 is 2.62 bits per heavy atom. The first kappa shape index (κ1) is 11.9. The summed E-state index contributed by atoms with van der Waals surface area (Å²) in [5.41, 5.74) is 1.30. The van der Waals surface area contributed by atoms with Gasteiger partial charge in [0.15, 0.2) is 0 Å². The molecular formula is C12H16ClNO2. The van der Waals surface area contributed by atoms with Crippen LogP contribution in [0.2, 0.25) is 0 Å². The van der Waals surface area contributed by atoms with Crippen molar-refractivity contribution in [3.05, 3.63) is 35.9 Å². The van der Waals surface area contributed by atoms with Crippen molar-refractivity contribution in [2.75, 3.05) is 13.2 Å². The maximum atomic E-state index is 9.81. The second-order valence-corrected chi connectivity index (χ2v) is 4.34. The van der Waals surface area contributed by atoms with E-state index >= 15 is 0 Å². The highest BCUT2D eigenvalue weighted by Gasteiger charge is 2.46. The monoisotopic (exact) mass is 241 g/mol. The molecule has 3 rings (SSSR count). The Morgan fingerprint density at radius 1 is 1.31 bits per heavy atom. The Hall–Kier alpha value is -0.610. The molecule has 0 unspecified atom stereocenters. The lowest BCUT2D eigenvalue weighted by Crippen LogP contribution is -2.37. The lowest BCUT2D eigenvalue weighted by Gasteiger charge is -2.26. The molecule has 4 heteroatoms. The minimum atomic E-state index is -0.284. The molecule has 2 heterocycles. The first-order valence-electron chi connectivity index (χ1n) is 5.42. The predicted octanol–water partition coefficient (Wildman–Crippen LogP) is 1.05. The molecule has 1 aromatic carbocycles. The van der Waals surface area contributed by atoms with Gasteiger partial charge in [-0.25, -0.2) is 0 Å². The average molecular weight is 242 g/mol. The first-order chi connectivity index (χ1) is 7.34. The van der Waals surface area contributed by atoms with Crippen LogP contribution in [0.15, 0.2) is 30.3 Å². The standard InChI is InChI=1S/C12H15NO2.ClH/c14-12-10-8-15-11(12)7-13(10)6-9-4-2-1-3-5-9;/h1-5,10-12,14H,6-8H2;1H/t10-,11-,12+;/m1./s1. The Balaban J connectivity index is 0.000000963.